The summed E-state index contributed by atoms with van der Waals surface area (Å²) in [7, 11) is 0. The SMILES string of the molecule is Cc1cc(Br)cnc1NCC1CCCCC1Cl. The molecule has 0 aliphatic heterocycles. The maximum absolute atomic E-state index is 6.35. The first-order valence-electron chi connectivity index (χ1n) is 6.17. The van der Waals surface area contributed by atoms with Gasteiger partial charge in [0.25, 0.3) is 0 Å². The van der Waals surface area contributed by atoms with Crippen molar-refractivity contribution >= 4 is 33.3 Å². The summed E-state index contributed by atoms with van der Waals surface area (Å²) in [5, 5.41) is 3.75. The Morgan fingerprint density at radius 2 is 2.24 bits per heavy atom. The molecule has 1 saturated carbocycles. The van der Waals surface area contributed by atoms with Gasteiger partial charge in [0.1, 0.15) is 5.82 Å². The van der Waals surface area contributed by atoms with Crippen LogP contribution in [0, 0.1) is 12.8 Å². The van der Waals surface area contributed by atoms with E-state index in [9.17, 15) is 0 Å². The molecule has 0 saturated heterocycles. The molecular weight excluding hydrogens is 300 g/mol. The average Bonchev–Trinajstić information content (AvgIpc) is 2.30. The molecule has 1 fully saturated rings. The van der Waals surface area contributed by atoms with Crippen LogP contribution < -0.4 is 5.32 Å². The highest BCUT2D eigenvalue weighted by atomic mass is 79.9. The van der Waals surface area contributed by atoms with E-state index in [0.717, 1.165) is 23.3 Å². The van der Waals surface area contributed by atoms with Crippen LogP contribution in [-0.2, 0) is 0 Å². The first-order chi connectivity index (χ1) is 8.16. The minimum atomic E-state index is 0.326. The minimum Gasteiger partial charge on any atom is -0.370 e. The second kappa shape index (κ2) is 6.05. The van der Waals surface area contributed by atoms with Crippen LogP contribution in [-0.4, -0.2) is 16.9 Å². The number of alkyl halides is 1. The van der Waals surface area contributed by atoms with Crippen molar-refractivity contribution in [3.63, 3.8) is 0 Å². The summed E-state index contributed by atoms with van der Waals surface area (Å²) in [5.41, 5.74) is 1.17. The van der Waals surface area contributed by atoms with Crippen molar-refractivity contribution < 1.29 is 0 Å². The number of hydrogen-bond donors (Lipinski definition) is 1. The molecule has 0 spiro atoms. The fraction of sp³-hybridized carbons (Fsp3) is 0.615. The summed E-state index contributed by atoms with van der Waals surface area (Å²) in [6.45, 7) is 3.00. The van der Waals surface area contributed by atoms with E-state index in [4.69, 9.17) is 11.6 Å². The monoisotopic (exact) mass is 316 g/mol. The quantitative estimate of drug-likeness (QED) is 0.838. The highest BCUT2D eigenvalue weighted by Gasteiger charge is 2.22. The highest BCUT2D eigenvalue weighted by Crippen LogP contribution is 2.29. The Hall–Kier alpha value is -0.280. The number of halogens is 2. The van der Waals surface area contributed by atoms with Gasteiger partial charge < -0.3 is 5.32 Å². The van der Waals surface area contributed by atoms with Gasteiger partial charge in [-0.2, -0.15) is 0 Å². The van der Waals surface area contributed by atoms with E-state index in [-0.39, 0.29) is 0 Å². The van der Waals surface area contributed by atoms with Gasteiger partial charge in [0, 0.05) is 22.6 Å². The number of pyridine rings is 1. The maximum atomic E-state index is 6.35. The number of rotatable bonds is 3. The van der Waals surface area contributed by atoms with Crippen molar-refractivity contribution in [1.29, 1.82) is 0 Å². The van der Waals surface area contributed by atoms with E-state index in [1.165, 1.54) is 24.8 Å². The van der Waals surface area contributed by atoms with Crippen molar-refractivity contribution in [3.05, 3.63) is 22.3 Å². The Morgan fingerprint density at radius 1 is 1.47 bits per heavy atom. The van der Waals surface area contributed by atoms with Crippen LogP contribution in [0.1, 0.15) is 31.2 Å². The van der Waals surface area contributed by atoms with Gasteiger partial charge in [-0.05, 0) is 53.2 Å². The number of aromatic nitrogens is 1. The van der Waals surface area contributed by atoms with Crippen LogP contribution in [0.3, 0.4) is 0 Å². The normalized spacial score (nSPS) is 24.6. The molecular formula is C13H18BrClN2. The first kappa shape index (κ1) is 13.2. The molecule has 1 heterocycles. The van der Waals surface area contributed by atoms with Crippen molar-refractivity contribution in [2.75, 3.05) is 11.9 Å². The fourth-order valence-corrected chi connectivity index (χ4v) is 3.16. The molecule has 1 N–H and O–H groups in total. The van der Waals surface area contributed by atoms with Crippen LogP contribution >= 0.6 is 27.5 Å². The van der Waals surface area contributed by atoms with Gasteiger partial charge in [-0.15, -0.1) is 11.6 Å². The lowest BCUT2D eigenvalue weighted by molar-refractivity contribution is 0.380. The molecule has 0 bridgehead atoms. The van der Waals surface area contributed by atoms with Crippen LogP contribution in [0.25, 0.3) is 0 Å². The molecule has 2 nitrogen and oxygen atoms in total. The highest BCUT2D eigenvalue weighted by molar-refractivity contribution is 9.10. The van der Waals surface area contributed by atoms with Crippen molar-refractivity contribution in [1.82, 2.24) is 4.98 Å². The predicted octanol–water partition coefficient (Wildman–Crippen LogP) is 4.36. The lowest BCUT2D eigenvalue weighted by Gasteiger charge is -2.27. The molecule has 17 heavy (non-hydrogen) atoms. The molecule has 2 rings (SSSR count). The Labute approximate surface area is 116 Å². The number of aryl methyl sites for hydroxylation is 1. The van der Waals surface area contributed by atoms with E-state index in [0.29, 0.717) is 11.3 Å². The first-order valence-corrected chi connectivity index (χ1v) is 7.40. The van der Waals surface area contributed by atoms with Gasteiger partial charge in [-0.25, -0.2) is 4.98 Å². The van der Waals surface area contributed by atoms with Gasteiger partial charge in [-0.1, -0.05) is 12.8 Å². The molecule has 4 heteroatoms. The third-order valence-corrected chi connectivity index (χ3v) is 4.40. The summed E-state index contributed by atoms with van der Waals surface area (Å²) in [6.07, 6.45) is 6.80. The summed E-state index contributed by atoms with van der Waals surface area (Å²) < 4.78 is 1.02. The number of anilines is 1. The standard InChI is InChI=1S/C13H18BrClN2/c1-9-6-11(14)8-17-13(9)16-7-10-4-2-3-5-12(10)15/h6,8,10,12H,2-5,7H2,1H3,(H,16,17). The summed E-state index contributed by atoms with van der Waals surface area (Å²) in [5.74, 6) is 1.55. The van der Waals surface area contributed by atoms with E-state index >= 15 is 0 Å². The Bertz CT molecular complexity index is 384. The van der Waals surface area contributed by atoms with Crippen molar-refractivity contribution in [2.45, 2.75) is 38.0 Å². The minimum absolute atomic E-state index is 0.326. The van der Waals surface area contributed by atoms with Gasteiger partial charge in [0.15, 0.2) is 0 Å². The Balaban J connectivity index is 1.92. The topological polar surface area (TPSA) is 24.9 Å². The molecule has 0 aromatic carbocycles. The van der Waals surface area contributed by atoms with Crippen LogP contribution in [0.15, 0.2) is 16.7 Å². The molecule has 0 radical (unpaired) electrons. The molecule has 1 aliphatic rings. The molecule has 1 aromatic heterocycles. The maximum Gasteiger partial charge on any atom is 0.128 e. The van der Waals surface area contributed by atoms with Gasteiger partial charge >= 0.3 is 0 Å². The van der Waals surface area contributed by atoms with E-state index in [1.807, 2.05) is 6.20 Å². The Morgan fingerprint density at radius 3 is 2.94 bits per heavy atom. The van der Waals surface area contributed by atoms with Crippen LogP contribution in [0.2, 0.25) is 0 Å². The fourth-order valence-electron chi connectivity index (χ4n) is 2.35. The number of nitrogens with zero attached hydrogens (tertiary/aromatic N) is 1. The number of hydrogen-bond acceptors (Lipinski definition) is 2. The third kappa shape index (κ3) is 3.59. The second-order valence-electron chi connectivity index (χ2n) is 4.76. The zero-order chi connectivity index (χ0) is 12.3. The zero-order valence-corrected chi connectivity index (χ0v) is 12.4. The number of nitrogens with one attached hydrogen (secondary N) is 1. The van der Waals surface area contributed by atoms with Gasteiger partial charge in [0.05, 0.1) is 0 Å². The zero-order valence-electron chi connectivity index (χ0n) is 10.0. The average molecular weight is 318 g/mol. The molecule has 2 unspecified atom stereocenters. The van der Waals surface area contributed by atoms with Crippen molar-refractivity contribution in [3.8, 4) is 0 Å². The summed E-state index contributed by atoms with van der Waals surface area (Å²) in [4.78, 5) is 4.39. The molecule has 0 amide bonds. The Kier molecular flexibility index (Phi) is 4.69. The molecule has 1 aromatic rings. The second-order valence-corrected chi connectivity index (χ2v) is 6.24. The lowest BCUT2D eigenvalue weighted by Crippen LogP contribution is -2.27. The van der Waals surface area contributed by atoms with E-state index in [2.05, 4.69) is 39.2 Å². The third-order valence-electron chi connectivity index (χ3n) is 3.39. The van der Waals surface area contributed by atoms with E-state index < -0.39 is 0 Å². The molecule has 1 aliphatic carbocycles. The predicted molar refractivity (Wildman–Crippen MR) is 76.8 cm³/mol. The smallest absolute Gasteiger partial charge is 0.128 e. The van der Waals surface area contributed by atoms with E-state index in [1.54, 1.807) is 0 Å². The largest absolute Gasteiger partial charge is 0.370 e. The van der Waals surface area contributed by atoms with Crippen LogP contribution in [0.5, 0.6) is 0 Å². The van der Waals surface area contributed by atoms with Crippen molar-refractivity contribution in [2.24, 2.45) is 5.92 Å². The lowest BCUT2D eigenvalue weighted by atomic mass is 9.89. The molecule has 94 valence electrons. The van der Waals surface area contributed by atoms with Crippen LogP contribution in [0.4, 0.5) is 5.82 Å². The van der Waals surface area contributed by atoms with Gasteiger partial charge in [0.2, 0.25) is 0 Å². The molecule has 2 atom stereocenters. The summed E-state index contributed by atoms with van der Waals surface area (Å²) >= 11 is 9.77. The summed E-state index contributed by atoms with van der Waals surface area (Å²) in [6, 6.07) is 2.08. The van der Waals surface area contributed by atoms with Gasteiger partial charge in [-0.3, -0.25) is 0 Å².